The van der Waals surface area contributed by atoms with E-state index in [4.69, 9.17) is 9.47 Å². The molecule has 1 aromatic carbocycles. The molecule has 0 heterocycles. The summed E-state index contributed by atoms with van der Waals surface area (Å²) in [6, 6.07) is 6.39. The van der Waals surface area contributed by atoms with Crippen molar-refractivity contribution in [1.82, 2.24) is 5.32 Å². The standard InChI is InChI=1S/C15H24FNO2/c1-4-11-17-14(15(18-5-2)19-6-3)12-7-9-13(16)10-8-12/h7-10,14-15,17H,4-6,11H2,1-3H3. The summed E-state index contributed by atoms with van der Waals surface area (Å²) >= 11 is 0. The minimum absolute atomic E-state index is 0.0829. The van der Waals surface area contributed by atoms with E-state index in [2.05, 4.69) is 12.2 Å². The molecule has 1 atom stereocenters. The van der Waals surface area contributed by atoms with Crippen LogP contribution in [0, 0.1) is 5.82 Å². The molecule has 19 heavy (non-hydrogen) atoms. The highest BCUT2D eigenvalue weighted by Crippen LogP contribution is 2.21. The molecular weight excluding hydrogens is 245 g/mol. The van der Waals surface area contributed by atoms with Crippen LogP contribution < -0.4 is 5.32 Å². The lowest BCUT2D eigenvalue weighted by molar-refractivity contribution is -0.155. The molecule has 0 amide bonds. The Bertz CT molecular complexity index is 337. The van der Waals surface area contributed by atoms with E-state index in [1.54, 1.807) is 12.1 Å². The maximum Gasteiger partial charge on any atom is 0.176 e. The van der Waals surface area contributed by atoms with Crippen molar-refractivity contribution in [3.63, 3.8) is 0 Å². The van der Waals surface area contributed by atoms with Crippen molar-refractivity contribution in [3.05, 3.63) is 35.6 Å². The smallest absolute Gasteiger partial charge is 0.176 e. The first-order valence-corrected chi connectivity index (χ1v) is 6.94. The van der Waals surface area contributed by atoms with Crippen molar-refractivity contribution < 1.29 is 13.9 Å². The van der Waals surface area contributed by atoms with Gasteiger partial charge in [0.1, 0.15) is 5.82 Å². The van der Waals surface area contributed by atoms with E-state index in [0.29, 0.717) is 13.2 Å². The van der Waals surface area contributed by atoms with Crippen LogP contribution in [0.3, 0.4) is 0 Å². The highest BCUT2D eigenvalue weighted by molar-refractivity contribution is 5.20. The van der Waals surface area contributed by atoms with E-state index in [1.165, 1.54) is 12.1 Å². The molecule has 0 aliphatic heterocycles. The highest BCUT2D eigenvalue weighted by atomic mass is 19.1. The lowest BCUT2D eigenvalue weighted by Gasteiger charge is -2.28. The van der Waals surface area contributed by atoms with Crippen molar-refractivity contribution in [2.75, 3.05) is 19.8 Å². The molecule has 0 bridgehead atoms. The monoisotopic (exact) mass is 269 g/mol. The number of hydrogen-bond donors (Lipinski definition) is 1. The van der Waals surface area contributed by atoms with Crippen molar-refractivity contribution in [2.24, 2.45) is 0 Å². The zero-order chi connectivity index (χ0) is 14.1. The van der Waals surface area contributed by atoms with Gasteiger partial charge in [-0.3, -0.25) is 0 Å². The fourth-order valence-electron chi connectivity index (χ4n) is 1.91. The predicted octanol–water partition coefficient (Wildman–Crippen LogP) is 3.27. The van der Waals surface area contributed by atoms with Gasteiger partial charge in [0.15, 0.2) is 6.29 Å². The molecule has 0 aromatic heterocycles. The highest BCUT2D eigenvalue weighted by Gasteiger charge is 2.23. The zero-order valence-corrected chi connectivity index (χ0v) is 12.0. The van der Waals surface area contributed by atoms with E-state index in [0.717, 1.165) is 18.5 Å². The first-order chi connectivity index (χ1) is 9.22. The molecule has 0 saturated heterocycles. The third-order valence-electron chi connectivity index (χ3n) is 2.78. The second kappa shape index (κ2) is 9.02. The van der Waals surface area contributed by atoms with Gasteiger partial charge < -0.3 is 14.8 Å². The van der Waals surface area contributed by atoms with Gasteiger partial charge in [-0.25, -0.2) is 4.39 Å². The van der Waals surface area contributed by atoms with Crippen LogP contribution in [0.5, 0.6) is 0 Å². The minimum atomic E-state index is -0.355. The third kappa shape index (κ3) is 5.27. The Kier molecular flexibility index (Phi) is 7.63. The first-order valence-electron chi connectivity index (χ1n) is 6.94. The fraction of sp³-hybridized carbons (Fsp3) is 0.600. The number of ether oxygens (including phenoxy) is 2. The minimum Gasteiger partial charge on any atom is -0.351 e. The topological polar surface area (TPSA) is 30.5 Å². The van der Waals surface area contributed by atoms with Gasteiger partial charge in [0.2, 0.25) is 0 Å². The zero-order valence-electron chi connectivity index (χ0n) is 12.0. The van der Waals surface area contributed by atoms with Crippen molar-refractivity contribution in [2.45, 2.75) is 39.5 Å². The first kappa shape index (κ1) is 16.1. The third-order valence-corrected chi connectivity index (χ3v) is 2.78. The van der Waals surface area contributed by atoms with Crippen LogP contribution in [0.15, 0.2) is 24.3 Å². The Morgan fingerprint density at radius 3 is 2.11 bits per heavy atom. The molecule has 0 fully saturated rings. The number of halogens is 1. The maximum absolute atomic E-state index is 13.0. The normalized spacial score (nSPS) is 12.9. The predicted molar refractivity (Wildman–Crippen MR) is 74.5 cm³/mol. The SMILES string of the molecule is CCCNC(c1ccc(F)cc1)C(OCC)OCC. The number of rotatable bonds is 9. The van der Waals surface area contributed by atoms with Gasteiger partial charge in [-0.2, -0.15) is 0 Å². The molecule has 4 heteroatoms. The lowest BCUT2D eigenvalue weighted by Crippen LogP contribution is -2.36. The molecule has 1 rings (SSSR count). The lowest BCUT2D eigenvalue weighted by atomic mass is 10.1. The molecular formula is C15H24FNO2. The molecule has 0 aliphatic rings. The van der Waals surface area contributed by atoms with Crippen LogP contribution in [0.2, 0.25) is 0 Å². The van der Waals surface area contributed by atoms with E-state index in [9.17, 15) is 4.39 Å². The summed E-state index contributed by atoms with van der Waals surface area (Å²) in [5.74, 6) is -0.234. The second-order valence-corrected chi connectivity index (χ2v) is 4.26. The van der Waals surface area contributed by atoms with Gasteiger partial charge >= 0.3 is 0 Å². The van der Waals surface area contributed by atoms with Crippen molar-refractivity contribution in [1.29, 1.82) is 0 Å². The number of hydrogen-bond acceptors (Lipinski definition) is 3. The van der Waals surface area contributed by atoms with E-state index in [-0.39, 0.29) is 18.1 Å². The molecule has 1 N–H and O–H groups in total. The fourth-order valence-corrected chi connectivity index (χ4v) is 1.91. The molecule has 108 valence electrons. The summed E-state index contributed by atoms with van der Waals surface area (Å²) in [4.78, 5) is 0. The second-order valence-electron chi connectivity index (χ2n) is 4.26. The molecule has 3 nitrogen and oxygen atoms in total. The quantitative estimate of drug-likeness (QED) is 0.698. The van der Waals surface area contributed by atoms with E-state index in [1.807, 2.05) is 13.8 Å². The summed E-state index contributed by atoms with van der Waals surface area (Å²) in [7, 11) is 0. The maximum atomic E-state index is 13.0. The van der Waals surface area contributed by atoms with Gasteiger partial charge in [0, 0.05) is 13.2 Å². The van der Waals surface area contributed by atoms with Crippen LogP contribution in [0.25, 0.3) is 0 Å². The number of nitrogens with one attached hydrogen (secondary N) is 1. The molecule has 0 saturated carbocycles. The molecule has 0 spiro atoms. The Labute approximate surface area is 115 Å². The van der Waals surface area contributed by atoms with E-state index < -0.39 is 0 Å². The Morgan fingerprint density at radius 2 is 1.63 bits per heavy atom. The average Bonchev–Trinajstić information content (AvgIpc) is 2.41. The number of benzene rings is 1. The largest absolute Gasteiger partial charge is 0.351 e. The van der Waals surface area contributed by atoms with Gasteiger partial charge in [-0.1, -0.05) is 19.1 Å². The summed E-state index contributed by atoms with van der Waals surface area (Å²) in [5.41, 5.74) is 0.974. The Hall–Kier alpha value is -0.970. The molecule has 1 aromatic rings. The molecule has 1 unspecified atom stereocenters. The van der Waals surface area contributed by atoms with Crippen LogP contribution in [-0.4, -0.2) is 26.0 Å². The summed E-state index contributed by atoms with van der Waals surface area (Å²) in [6.45, 7) is 8.00. The van der Waals surface area contributed by atoms with Gasteiger partial charge in [0.25, 0.3) is 0 Å². The molecule has 0 radical (unpaired) electrons. The Morgan fingerprint density at radius 1 is 1.05 bits per heavy atom. The van der Waals surface area contributed by atoms with Gasteiger partial charge in [-0.15, -0.1) is 0 Å². The van der Waals surface area contributed by atoms with Crippen LogP contribution in [0.1, 0.15) is 38.8 Å². The Balaban J connectivity index is 2.86. The van der Waals surface area contributed by atoms with Crippen molar-refractivity contribution in [3.8, 4) is 0 Å². The van der Waals surface area contributed by atoms with Crippen LogP contribution in [0.4, 0.5) is 4.39 Å². The summed E-state index contributed by atoms with van der Waals surface area (Å²) < 4.78 is 24.3. The average molecular weight is 269 g/mol. The van der Waals surface area contributed by atoms with Crippen LogP contribution in [-0.2, 0) is 9.47 Å². The van der Waals surface area contributed by atoms with Crippen molar-refractivity contribution >= 4 is 0 Å². The van der Waals surface area contributed by atoms with E-state index >= 15 is 0 Å². The van der Waals surface area contributed by atoms with Crippen LogP contribution >= 0.6 is 0 Å². The summed E-state index contributed by atoms with van der Waals surface area (Å²) in [6.07, 6.45) is 0.662. The summed E-state index contributed by atoms with van der Waals surface area (Å²) in [5, 5.41) is 3.40. The van der Waals surface area contributed by atoms with Gasteiger partial charge in [-0.05, 0) is 44.5 Å². The van der Waals surface area contributed by atoms with Gasteiger partial charge in [0.05, 0.1) is 6.04 Å². The molecule has 0 aliphatic carbocycles.